The predicted molar refractivity (Wildman–Crippen MR) is 45.6 cm³/mol. The summed E-state index contributed by atoms with van der Waals surface area (Å²) < 4.78 is 4.71. The van der Waals surface area contributed by atoms with Gasteiger partial charge in [0.2, 0.25) is 5.88 Å². The quantitative estimate of drug-likeness (QED) is 0.807. The molecule has 1 aromatic rings. The van der Waals surface area contributed by atoms with E-state index in [2.05, 4.69) is 25.7 Å². The largest absolute Gasteiger partial charge is 0.478 e. The Hall–Kier alpha value is -1.43. The summed E-state index contributed by atoms with van der Waals surface area (Å²) in [5, 5.41) is 8.66. The Morgan fingerprint density at radius 3 is 2.92 bits per heavy atom. The third-order valence-corrected chi connectivity index (χ3v) is 1.86. The highest BCUT2D eigenvalue weighted by Crippen LogP contribution is 2.19. The van der Waals surface area contributed by atoms with Crippen LogP contribution in [0.4, 0.5) is 0 Å². The number of hydrogen-bond donors (Lipinski definition) is 1. The molecule has 0 unspecified atom stereocenters. The van der Waals surface area contributed by atoms with Crippen molar-refractivity contribution in [1.29, 1.82) is 0 Å². The summed E-state index contributed by atoms with van der Waals surface area (Å²) in [7, 11) is 0. The van der Waals surface area contributed by atoms with E-state index in [9.17, 15) is 9.59 Å². The van der Waals surface area contributed by atoms with E-state index in [1.54, 1.807) is 0 Å². The van der Waals surface area contributed by atoms with Gasteiger partial charge in [-0.05, 0) is 15.9 Å². The fourth-order valence-electron chi connectivity index (χ4n) is 0.697. The Balaban J connectivity index is 3.10. The number of ether oxygens (including phenoxy) is 1. The van der Waals surface area contributed by atoms with Crippen LogP contribution in [0.3, 0.4) is 0 Å². The molecule has 0 atom stereocenters. The van der Waals surface area contributed by atoms with Crippen LogP contribution in [-0.2, 0) is 4.79 Å². The molecule has 0 spiro atoms. The van der Waals surface area contributed by atoms with Crippen LogP contribution in [0.25, 0.3) is 0 Å². The number of rotatable bonds is 3. The molecule has 0 amide bonds. The van der Waals surface area contributed by atoms with Gasteiger partial charge in [0, 0.05) is 12.3 Å². The molecule has 1 N–H and O–H groups in total. The van der Waals surface area contributed by atoms with Gasteiger partial charge in [-0.1, -0.05) is 0 Å². The van der Waals surface area contributed by atoms with Crippen LogP contribution in [0.1, 0.15) is 10.4 Å². The molecule has 0 fully saturated rings. The lowest BCUT2D eigenvalue weighted by molar-refractivity contribution is -0.120. The normalized spacial score (nSPS) is 9.31. The second-order valence-electron chi connectivity index (χ2n) is 2.02. The summed E-state index contributed by atoms with van der Waals surface area (Å²) >= 11 is 2.99. The summed E-state index contributed by atoms with van der Waals surface area (Å²) in [5.41, 5.74) is -0.00755. The van der Waals surface area contributed by atoms with Crippen molar-refractivity contribution in [3.63, 3.8) is 0 Å². The van der Waals surface area contributed by atoms with E-state index in [0.29, 0.717) is 4.47 Å². The average molecular weight is 246 g/mol. The third kappa shape index (κ3) is 2.25. The minimum Gasteiger partial charge on any atom is -0.478 e. The van der Waals surface area contributed by atoms with E-state index in [4.69, 9.17) is 5.11 Å². The van der Waals surface area contributed by atoms with Crippen molar-refractivity contribution >= 4 is 28.4 Å². The molecule has 1 rings (SSSR count). The second kappa shape index (κ2) is 3.99. The number of nitrogens with zero attached hydrogens (tertiary/aromatic N) is 1. The molecule has 5 nitrogen and oxygen atoms in total. The highest BCUT2D eigenvalue weighted by atomic mass is 79.9. The standard InChI is InChI=1S/C7H4BrNO4/c8-5-2-9-6(13-3-10)1-4(5)7(11)12/h1-3H,(H,11,12). The van der Waals surface area contributed by atoms with Gasteiger partial charge in [-0.2, -0.15) is 0 Å². The second-order valence-corrected chi connectivity index (χ2v) is 2.88. The maximum absolute atomic E-state index is 10.6. The zero-order chi connectivity index (χ0) is 9.84. The van der Waals surface area contributed by atoms with Crippen molar-refractivity contribution < 1.29 is 19.4 Å². The Morgan fingerprint density at radius 1 is 1.69 bits per heavy atom. The van der Waals surface area contributed by atoms with Gasteiger partial charge in [0.15, 0.2) is 0 Å². The SMILES string of the molecule is O=COc1cc(C(=O)O)c(Br)cn1. The fraction of sp³-hybridized carbons (Fsp3) is 0. The summed E-state index contributed by atoms with van der Waals surface area (Å²) in [6.45, 7) is 0.182. The van der Waals surface area contributed by atoms with Crippen LogP contribution in [0, 0.1) is 0 Å². The van der Waals surface area contributed by atoms with Crippen LogP contribution in [-0.4, -0.2) is 22.5 Å². The Kier molecular flexibility index (Phi) is 2.97. The molecule has 68 valence electrons. The Bertz CT molecular complexity index is 352. The molecule has 0 aliphatic rings. The lowest BCUT2D eigenvalue weighted by Crippen LogP contribution is -2.00. The third-order valence-electron chi connectivity index (χ3n) is 1.23. The van der Waals surface area contributed by atoms with Crippen molar-refractivity contribution in [1.82, 2.24) is 4.98 Å². The Morgan fingerprint density at radius 2 is 2.38 bits per heavy atom. The number of carbonyl (C=O) groups is 2. The molecule has 1 aromatic heterocycles. The number of hydrogen-bond acceptors (Lipinski definition) is 4. The van der Waals surface area contributed by atoms with E-state index in [0.717, 1.165) is 6.07 Å². The van der Waals surface area contributed by atoms with Gasteiger partial charge in [-0.3, -0.25) is 4.79 Å². The molecule has 6 heteroatoms. The van der Waals surface area contributed by atoms with Crippen molar-refractivity contribution in [2.45, 2.75) is 0 Å². The lowest BCUT2D eigenvalue weighted by atomic mass is 10.3. The maximum atomic E-state index is 10.6. The first-order chi connectivity index (χ1) is 6.15. The van der Waals surface area contributed by atoms with Crippen LogP contribution in [0.5, 0.6) is 5.88 Å². The number of carbonyl (C=O) groups excluding carboxylic acids is 1. The van der Waals surface area contributed by atoms with Gasteiger partial charge in [0.1, 0.15) is 0 Å². The molecule has 0 aliphatic heterocycles. The number of aromatic nitrogens is 1. The molecule has 0 aromatic carbocycles. The molecule has 13 heavy (non-hydrogen) atoms. The van der Waals surface area contributed by atoms with E-state index in [1.807, 2.05) is 0 Å². The van der Waals surface area contributed by atoms with Gasteiger partial charge in [0.25, 0.3) is 6.47 Å². The molecule has 0 saturated heterocycles. The first-order valence-electron chi connectivity index (χ1n) is 3.14. The number of halogens is 1. The maximum Gasteiger partial charge on any atom is 0.337 e. The Labute approximate surface area is 81.5 Å². The minimum atomic E-state index is -1.12. The van der Waals surface area contributed by atoms with Crippen LogP contribution in [0.15, 0.2) is 16.7 Å². The fourth-order valence-corrected chi connectivity index (χ4v) is 1.08. The summed E-state index contributed by atoms with van der Waals surface area (Å²) in [4.78, 5) is 24.1. The van der Waals surface area contributed by atoms with Gasteiger partial charge in [-0.25, -0.2) is 9.78 Å². The van der Waals surface area contributed by atoms with E-state index < -0.39 is 5.97 Å². The highest BCUT2D eigenvalue weighted by Gasteiger charge is 2.10. The molecular weight excluding hydrogens is 242 g/mol. The smallest absolute Gasteiger partial charge is 0.337 e. The molecule has 0 aliphatic carbocycles. The van der Waals surface area contributed by atoms with Crippen molar-refractivity contribution in [2.24, 2.45) is 0 Å². The number of carboxylic acids is 1. The van der Waals surface area contributed by atoms with E-state index >= 15 is 0 Å². The topological polar surface area (TPSA) is 76.5 Å². The molecule has 0 saturated carbocycles. The zero-order valence-corrected chi connectivity index (χ0v) is 7.82. The van der Waals surface area contributed by atoms with Gasteiger partial charge in [0.05, 0.1) is 10.0 Å². The first-order valence-corrected chi connectivity index (χ1v) is 3.93. The zero-order valence-electron chi connectivity index (χ0n) is 6.23. The number of pyridine rings is 1. The predicted octanol–water partition coefficient (Wildman–Crippen LogP) is 1.08. The monoisotopic (exact) mass is 245 g/mol. The van der Waals surface area contributed by atoms with Gasteiger partial charge >= 0.3 is 5.97 Å². The van der Waals surface area contributed by atoms with Crippen molar-refractivity contribution in [3.05, 3.63) is 22.3 Å². The van der Waals surface area contributed by atoms with Crippen LogP contribution >= 0.6 is 15.9 Å². The molecule has 0 radical (unpaired) electrons. The van der Waals surface area contributed by atoms with Crippen molar-refractivity contribution in [2.75, 3.05) is 0 Å². The molecule has 0 bridgehead atoms. The summed E-state index contributed by atoms with van der Waals surface area (Å²) in [5.74, 6) is -1.17. The van der Waals surface area contributed by atoms with E-state index in [1.165, 1.54) is 6.20 Å². The summed E-state index contributed by atoms with van der Waals surface area (Å²) in [6.07, 6.45) is 1.25. The molecule has 1 heterocycles. The van der Waals surface area contributed by atoms with Crippen LogP contribution < -0.4 is 4.74 Å². The van der Waals surface area contributed by atoms with Crippen molar-refractivity contribution in [3.8, 4) is 5.88 Å². The van der Waals surface area contributed by atoms with E-state index in [-0.39, 0.29) is 17.9 Å². The average Bonchev–Trinajstić information content (AvgIpc) is 2.08. The number of aromatic carboxylic acids is 1. The lowest BCUT2D eigenvalue weighted by Gasteiger charge is -2.00. The van der Waals surface area contributed by atoms with Gasteiger partial charge in [-0.15, -0.1) is 0 Å². The highest BCUT2D eigenvalue weighted by molar-refractivity contribution is 9.10. The molecular formula is C7H4BrNO4. The summed E-state index contributed by atoms with van der Waals surface area (Å²) in [6, 6.07) is 1.15. The minimum absolute atomic E-state index is 0.00755. The van der Waals surface area contributed by atoms with Crippen LogP contribution in [0.2, 0.25) is 0 Å². The van der Waals surface area contributed by atoms with Gasteiger partial charge < -0.3 is 9.84 Å². The number of carboxylic acid groups (broad SMARTS) is 1. The first kappa shape index (κ1) is 9.66.